The van der Waals surface area contributed by atoms with Crippen molar-refractivity contribution in [3.63, 3.8) is 0 Å². The van der Waals surface area contributed by atoms with Gasteiger partial charge in [0.2, 0.25) is 0 Å². The van der Waals surface area contributed by atoms with Gasteiger partial charge >= 0.3 is 6.16 Å². The Morgan fingerprint density at radius 2 is 1.90 bits per heavy atom. The van der Waals surface area contributed by atoms with E-state index in [0.717, 1.165) is 5.56 Å². The number of carbonyl (C=O) groups is 2. The second-order valence-corrected chi connectivity index (χ2v) is 9.19. The van der Waals surface area contributed by atoms with E-state index < -0.39 is 12.3 Å². The first-order valence-corrected chi connectivity index (χ1v) is 12.3. The van der Waals surface area contributed by atoms with Crippen LogP contribution in [0.25, 0.3) is 11.3 Å². The zero-order chi connectivity index (χ0) is 27.5. The van der Waals surface area contributed by atoms with Crippen LogP contribution in [-0.2, 0) is 4.74 Å². The normalized spacial score (nSPS) is 14.1. The van der Waals surface area contributed by atoms with Crippen molar-refractivity contribution in [3.8, 4) is 28.5 Å². The topological polar surface area (TPSA) is 107 Å². The fourth-order valence-electron chi connectivity index (χ4n) is 4.14. The number of ether oxygens (including phenoxy) is 3. The van der Waals surface area contributed by atoms with E-state index in [0.29, 0.717) is 51.9 Å². The van der Waals surface area contributed by atoms with Gasteiger partial charge in [-0.1, -0.05) is 17.7 Å². The summed E-state index contributed by atoms with van der Waals surface area (Å²) in [6.45, 7) is 1.97. The maximum atomic E-state index is 13.6. The number of pyridine rings is 1. The smallest absolute Gasteiger partial charge is 0.493 e. The number of amides is 1. The summed E-state index contributed by atoms with van der Waals surface area (Å²) >= 11 is 6.39. The molecule has 0 bridgehead atoms. The molecule has 2 heterocycles. The molecule has 4 aromatic rings. The Kier molecular flexibility index (Phi) is 7.33. The van der Waals surface area contributed by atoms with Crippen LogP contribution in [0.5, 0.6) is 17.2 Å². The summed E-state index contributed by atoms with van der Waals surface area (Å²) < 4.78 is 30.1. The molecule has 2 N–H and O–H groups in total. The molecule has 5 rings (SSSR count). The number of halogens is 2. The number of aryl methyl sites for hydroxylation is 1. The van der Waals surface area contributed by atoms with Crippen LogP contribution in [0.1, 0.15) is 34.0 Å². The number of nitrogens with zero attached hydrogens (tertiary/aromatic N) is 1. The molecule has 0 spiro atoms. The molecule has 0 aliphatic carbocycles. The Morgan fingerprint density at radius 3 is 2.64 bits per heavy atom. The highest BCUT2D eigenvalue weighted by Crippen LogP contribution is 2.42. The number of carboxylic acid groups (broad SMARTS) is 1. The van der Waals surface area contributed by atoms with Crippen molar-refractivity contribution in [3.05, 3.63) is 100 Å². The SMILES string of the molecule is Cc1cc(-c2cccc(NC(=O)c3ccc(Oc4cc5c(cc4Cl)C(OC(=O)O)CCO5)cc3)n2)ccc1F. The molecule has 1 aliphatic rings. The van der Waals surface area contributed by atoms with Gasteiger partial charge in [-0.25, -0.2) is 14.2 Å². The molecule has 10 heteroatoms. The van der Waals surface area contributed by atoms with E-state index in [4.69, 9.17) is 30.9 Å². The molecule has 0 radical (unpaired) electrons. The second-order valence-electron chi connectivity index (χ2n) is 8.78. The van der Waals surface area contributed by atoms with Crippen LogP contribution in [0.4, 0.5) is 15.0 Å². The van der Waals surface area contributed by atoms with Crippen molar-refractivity contribution < 1.29 is 33.3 Å². The van der Waals surface area contributed by atoms with Crippen molar-refractivity contribution in [1.29, 1.82) is 0 Å². The Labute approximate surface area is 227 Å². The molecule has 1 amide bonds. The van der Waals surface area contributed by atoms with Gasteiger partial charge in [0.05, 0.1) is 17.3 Å². The number of rotatable bonds is 6. The molecule has 0 saturated heterocycles. The lowest BCUT2D eigenvalue weighted by Gasteiger charge is -2.25. The minimum atomic E-state index is -1.38. The van der Waals surface area contributed by atoms with E-state index in [1.807, 2.05) is 0 Å². The molecule has 198 valence electrons. The molecule has 8 nitrogen and oxygen atoms in total. The van der Waals surface area contributed by atoms with Crippen LogP contribution in [0.2, 0.25) is 5.02 Å². The maximum absolute atomic E-state index is 13.6. The molecule has 0 saturated carbocycles. The second kappa shape index (κ2) is 11.0. The predicted molar refractivity (Wildman–Crippen MR) is 142 cm³/mol. The number of nitrogens with one attached hydrogen (secondary N) is 1. The summed E-state index contributed by atoms with van der Waals surface area (Å²) in [5.74, 6) is 0.845. The van der Waals surface area contributed by atoms with Crippen LogP contribution in [0, 0.1) is 12.7 Å². The fourth-order valence-corrected chi connectivity index (χ4v) is 4.35. The summed E-state index contributed by atoms with van der Waals surface area (Å²) in [5, 5.41) is 12.0. The zero-order valence-corrected chi connectivity index (χ0v) is 21.4. The monoisotopic (exact) mass is 548 g/mol. The highest BCUT2D eigenvalue weighted by Gasteiger charge is 2.27. The summed E-state index contributed by atoms with van der Waals surface area (Å²) in [6.07, 6.45) is -1.67. The molecule has 1 aromatic heterocycles. The molecule has 1 unspecified atom stereocenters. The highest BCUT2D eigenvalue weighted by atomic mass is 35.5. The maximum Gasteiger partial charge on any atom is 0.506 e. The van der Waals surface area contributed by atoms with E-state index in [1.165, 1.54) is 6.07 Å². The van der Waals surface area contributed by atoms with Gasteiger partial charge in [0.1, 0.15) is 35.0 Å². The van der Waals surface area contributed by atoms with Gasteiger partial charge in [-0.3, -0.25) is 4.79 Å². The summed E-state index contributed by atoms with van der Waals surface area (Å²) in [7, 11) is 0. The van der Waals surface area contributed by atoms with Gasteiger partial charge in [-0.05, 0) is 73.2 Å². The van der Waals surface area contributed by atoms with Crippen LogP contribution in [-0.4, -0.2) is 28.8 Å². The molecular formula is C29H22ClFN2O6. The number of carbonyl (C=O) groups excluding carboxylic acids is 1. The van der Waals surface area contributed by atoms with Gasteiger partial charge in [0.15, 0.2) is 0 Å². The fraction of sp³-hybridized carbons (Fsp3) is 0.138. The largest absolute Gasteiger partial charge is 0.506 e. The number of fused-ring (bicyclic) bond motifs is 1. The van der Waals surface area contributed by atoms with E-state index in [1.54, 1.807) is 73.7 Å². The van der Waals surface area contributed by atoms with E-state index in [-0.39, 0.29) is 23.4 Å². The highest BCUT2D eigenvalue weighted by molar-refractivity contribution is 6.32. The Morgan fingerprint density at radius 1 is 1.10 bits per heavy atom. The van der Waals surface area contributed by atoms with E-state index >= 15 is 0 Å². The van der Waals surface area contributed by atoms with Crippen molar-refractivity contribution in [2.24, 2.45) is 0 Å². The first-order chi connectivity index (χ1) is 18.8. The van der Waals surface area contributed by atoms with Gasteiger partial charge < -0.3 is 24.6 Å². The van der Waals surface area contributed by atoms with Crippen molar-refractivity contribution in [1.82, 2.24) is 4.98 Å². The van der Waals surface area contributed by atoms with E-state index in [2.05, 4.69) is 10.3 Å². The lowest BCUT2D eigenvalue weighted by atomic mass is 10.0. The van der Waals surface area contributed by atoms with E-state index in [9.17, 15) is 14.0 Å². The zero-order valence-electron chi connectivity index (χ0n) is 20.6. The van der Waals surface area contributed by atoms with Crippen LogP contribution >= 0.6 is 11.6 Å². The average molecular weight is 549 g/mol. The van der Waals surface area contributed by atoms with Crippen molar-refractivity contribution >= 4 is 29.5 Å². The molecule has 1 aliphatic heterocycles. The van der Waals surface area contributed by atoms with Gasteiger partial charge in [-0.15, -0.1) is 0 Å². The number of benzene rings is 3. The first kappa shape index (κ1) is 26.0. The number of anilines is 1. The molecular weight excluding hydrogens is 527 g/mol. The van der Waals surface area contributed by atoms with Gasteiger partial charge in [-0.2, -0.15) is 0 Å². The number of aromatic nitrogens is 1. The predicted octanol–water partition coefficient (Wildman–Crippen LogP) is 7.41. The Balaban J connectivity index is 1.27. The lowest BCUT2D eigenvalue weighted by Crippen LogP contribution is -2.18. The summed E-state index contributed by atoms with van der Waals surface area (Å²) in [4.78, 5) is 28.3. The number of hydrogen-bond acceptors (Lipinski definition) is 6. The minimum Gasteiger partial charge on any atom is -0.493 e. The third-order valence-electron chi connectivity index (χ3n) is 6.08. The minimum absolute atomic E-state index is 0.252. The quantitative estimate of drug-likeness (QED) is 0.241. The Bertz CT molecular complexity index is 1560. The van der Waals surface area contributed by atoms with Crippen LogP contribution < -0.4 is 14.8 Å². The molecule has 1 atom stereocenters. The standard InChI is InChI=1S/C29H22ClFN2O6/c1-16-13-18(7-10-22(16)31)23-3-2-4-27(32-23)33-28(34)17-5-8-19(9-6-17)38-26-15-25-20(14-21(26)30)24(11-12-37-25)39-29(35)36/h2-10,13-15,24H,11-12H2,1H3,(H,35,36)(H,32,33,34). The van der Waals surface area contributed by atoms with Crippen molar-refractivity contribution in [2.75, 3.05) is 11.9 Å². The lowest BCUT2D eigenvalue weighted by molar-refractivity contribution is 0.0326. The molecule has 3 aromatic carbocycles. The summed E-state index contributed by atoms with van der Waals surface area (Å²) in [6, 6.07) is 19.5. The van der Waals surface area contributed by atoms with Gasteiger partial charge in [0, 0.05) is 29.2 Å². The van der Waals surface area contributed by atoms with Crippen LogP contribution in [0.15, 0.2) is 72.8 Å². The van der Waals surface area contributed by atoms with Gasteiger partial charge in [0.25, 0.3) is 5.91 Å². The average Bonchev–Trinajstić information content (AvgIpc) is 2.91. The van der Waals surface area contributed by atoms with Crippen molar-refractivity contribution in [2.45, 2.75) is 19.4 Å². The molecule has 39 heavy (non-hydrogen) atoms. The third-order valence-corrected chi connectivity index (χ3v) is 6.38. The Hall–Kier alpha value is -4.63. The number of hydrogen-bond donors (Lipinski definition) is 2. The molecule has 0 fully saturated rings. The third kappa shape index (κ3) is 5.94. The summed E-state index contributed by atoms with van der Waals surface area (Å²) in [5.41, 5.74) is 2.75. The van der Waals surface area contributed by atoms with Crippen LogP contribution in [0.3, 0.4) is 0 Å². The first-order valence-electron chi connectivity index (χ1n) is 12.0.